The van der Waals surface area contributed by atoms with Gasteiger partial charge in [0.15, 0.2) is 0 Å². The largest absolute Gasteiger partial charge is 0.383 e. The molecule has 0 saturated carbocycles. The molecule has 0 aromatic rings. The van der Waals surface area contributed by atoms with Gasteiger partial charge in [-0.3, -0.25) is 0 Å². The van der Waals surface area contributed by atoms with Crippen LogP contribution >= 0.6 is 11.6 Å². The molecule has 1 unspecified atom stereocenters. The molecule has 0 aromatic heterocycles. The summed E-state index contributed by atoms with van der Waals surface area (Å²) in [6, 6.07) is 0.462. The minimum Gasteiger partial charge on any atom is -0.383 e. The third kappa shape index (κ3) is 4.09. The van der Waals surface area contributed by atoms with Gasteiger partial charge in [0, 0.05) is 25.6 Å². The Morgan fingerprint density at radius 1 is 1.60 bits per heavy atom. The summed E-state index contributed by atoms with van der Waals surface area (Å²) >= 11 is 5.56. The van der Waals surface area contributed by atoms with Crippen LogP contribution in [0.2, 0.25) is 0 Å². The predicted octanol–water partition coefficient (Wildman–Crippen LogP) is 1.19. The summed E-state index contributed by atoms with van der Waals surface area (Å²) in [5.41, 5.74) is 0. The van der Waals surface area contributed by atoms with Crippen LogP contribution in [-0.2, 0) is 4.74 Å². The van der Waals surface area contributed by atoms with E-state index >= 15 is 0 Å². The van der Waals surface area contributed by atoms with Crippen LogP contribution in [0.3, 0.4) is 0 Å². The van der Waals surface area contributed by atoms with E-state index in [1.807, 2.05) is 7.05 Å². The average molecular weight is 166 g/mol. The molecule has 1 atom stereocenters. The highest BCUT2D eigenvalue weighted by atomic mass is 35.5. The van der Waals surface area contributed by atoms with Gasteiger partial charge in [0.2, 0.25) is 0 Å². The van der Waals surface area contributed by atoms with Crippen LogP contribution in [0.25, 0.3) is 0 Å². The Morgan fingerprint density at radius 3 is 2.60 bits per heavy atom. The monoisotopic (exact) mass is 165 g/mol. The normalized spacial score (nSPS) is 14.1. The lowest BCUT2D eigenvalue weighted by atomic mass is 10.3. The van der Waals surface area contributed by atoms with E-state index < -0.39 is 0 Å². The highest BCUT2D eigenvalue weighted by Gasteiger charge is 2.06. The summed E-state index contributed by atoms with van der Waals surface area (Å²) < 4.78 is 4.99. The summed E-state index contributed by atoms with van der Waals surface area (Å²) in [7, 11) is 3.76. The van der Waals surface area contributed by atoms with Gasteiger partial charge < -0.3 is 9.64 Å². The molecule has 0 fully saturated rings. The third-order valence-electron chi connectivity index (χ3n) is 1.60. The smallest absolute Gasteiger partial charge is 0.0615 e. The van der Waals surface area contributed by atoms with Gasteiger partial charge in [-0.2, -0.15) is 0 Å². The molecule has 0 heterocycles. The first-order valence-corrected chi connectivity index (χ1v) is 4.01. The van der Waals surface area contributed by atoms with E-state index in [4.69, 9.17) is 16.3 Å². The minimum atomic E-state index is 0.462. The molecule has 0 amide bonds. The average Bonchev–Trinajstić information content (AvgIpc) is 1.89. The van der Waals surface area contributed by atoms with Crippen molar-refractivity contribution < 1.29 is 4.74 Å². The molecule has 0 bridgehead atoms. The molecule has 0 aliphatic heterocycles. The maximum atomic E-state index is 5.56. The summed E-state index contributed by atoms with van der Waals surface area (Å²) in [6.45, 7) is 3.82. The second kappa shape index (κ2) is 5.96. The van der Waals surface area contributed by atoms with E-state index in [9.17, 15) is 0 Å². The number of rotatable bonds is 5. The lowest BCUT2D eigenvalue weighted by Crippen LogP contribution is -2.33. The first-order chi connectivity index (χ1) is 4.72. The predicted molar refractivity (Wildman–Crippen MR) is 44.7 cm³/mol. The minimum absolute atomic E-state index is 0.462. The van der Waals surface area contributed by atoms with Gasteiger partial charge in [-0.15, -0.1) is 11.6 Å². The first-order valence-electron chi connectivity index (χ1n) is 3.47. The van der Waals surface area contributed by atoms with Gasteiger partial charge in [0.1, 0.15) is 0 Å². The van der Waals surface area contributed by atoms with Crippen molar-refractivity contribution in [3.63, 3.8) is 0 Å². The van der Waals surface area contributed by atoms with Gasteiger partial charge in [-0.1, -0.05) is 0 Å². The van der Waals surface area contributed by atoms with Crippen LogP contribution in [0, 0.1) is 0 Å². The number of nitrogens with zero attached hydrogens (tertiary/aromatic N) is 1. The van der Waals surface area contributed by atoms with E-state index in [1.54, 1.807) is 7.11 Å². The lowest BCUT2D eigenvalue weighted by molar-refractivity contribution is 0.119. The van der Waals surface area contributed by atoms with Crippen LogP contribution in [0.15, 0.2) is 0 Å². The number of hydrogen-bond acceptors (Lipinski definition) is 2. The number of alkyl halides is 1. The zero-order valence-corrected chi connectivity index (χ0v) is 7.69. The number of halogens is 1. The Kier molecular flexibility index (Phi) is 6.08. The van der Waals surface area contributed by atoms with Crippen molar-refractivity contribution in [2.75, 3.05) is 33.2 Å². The molecule has 0 aliphatic rings. The van der Waals surface area contributed by atoms with E-state index in [-0.39, 0.29) is 0 Å². The number of ether oxygens (including phenoxy) is 1. The fraction of sp³-hybridized carbons (Fsp3) is 1.00. The van der Waals surface area contributed by atoms with Crippen molar-refractivity contribution in [2.24, 2.45) is 0 Å². The molecule has 0 aromatic carbocycles. The van der Waals surface area contributed by atoms with Crippen LogP contribution in [0.1, 0.15) is 6.92 Å². The Balaban J connectivity index is 3.38. The molecule has 3 heteroatoms. The van der Waals surface area contributed by atoms with Crippen molar-refractivity contribution in [2.45, 2.75) is 13.0 Å². The number of methoxy groups -OCH3 is 1. The van der Waals surface area contributed by atoms with Gasteiger partial charge in [-0.25, -0.2) is 0 Å². The highest BCUT2D eigenvalue weighted by Crippen LogP contribution is 1.95. The van der Waals surface area contributed by atoms with E-state index in [0.29, 0.717) is 11.9 Å². The molecule has 0 saturated heterocycles. The first kappa shape index (κ1) is 10.2. The van der Waals surface area contributed by atoms with Crippen molar-refractivity contribution in [1.29, 1.82) is 0 Å². The molecule has 0 N–H and O–H groups in total. The maximum absolute atomic E-state index is 5.56. The molecule has 0 rings (SSSR count). The second-order valence-corrected chi connectivity index (χ2v) is 2.85. The van der Waals surface area contributed by atoms with Gasteiger partial charge in [0.05, 0.1) is 6.61 Å². The fourth-order valence-corrected chi connectivity index (χ4v) is 0.989. The van der Waals surface area contributed by atoms with Crippen molar-refractivity contribution in [3.05, 3.63) is 0 Å². The highest BCUT2D eigenvalue weighted by molar-refractivity contribution is 6.18. The van der Waals surface area contributed by atoms with Crippen molar-refractivity contribution in [1.82, 2.24) is 4.90 Å². The Bertz CT molecular complexity index is 70.0. The molecular formula is C7H16ClNO. The Morgan fingerprint density at radius 2 is 2.20 bits per heavy atom. The van der Waals surface area contributed by atoms with Gasteiger partial charge in [0.25, 0.3) is 0 Å². The van der Waals surface area contributed by atoms with Crippen molar-refractivity contribution in [3.8, 4) is 0 Å². The summed E-state index contributed by atoms with van der Waals surface area (Å²) in [5.74, 6) is 0.685. The standard InChI is InChI=1S/C7H16ClNO/c1-7(6-10-3)9(2)5-4-8/h7H,4-6H2,1-3H3. The molecule has 0 spiro atoms. The van der Waals surface area contributed by atoms with Gasteiger partial charge in [-0.05, 0) is 14.0 Å². The molecular weight excluding hydrogens is 150 g/mol. The zero-order chi connectivity index (χ0) is 7.98. The summed E-state index contributed by atoms with van der Waals surface area (Å²) in [6.07, 6.45) is 0. The molecule has 0 radical (unpaired) electrons. The summed E-state index contributed by atoms with van der Waals surface area (Å²) in [4.78, 5) is 2.18. The molecule has 10 heavy (non-hydrogen) atoms. The number of hydrogen-bond donors (Lipinski definition) is 0. The van der Waals surface area contributed by atoms with Crippen LogP contribution in [0.5, 0.6) is 0 Å². The third-order valence-corrected chi connectivity index (χ3v) is 1.77. The molecule has 2 nitrogen and oxygen atoms in total. The molecule has 62 valence electrons. The Hall–Kier alpha value is 0.210. The number of likely N-dealkylation sites (N-methyl/N-ethyl adjacent to an activating group) is 1. The fourth-order valence-electron chi connectivity index (χ4n) is 0.722. The SMILES string of the molecule is COCC(C)N(C)CCCl. The quantitative estimate of drug-likeness (QED) is 0.568. The second-order valence-electron chi connectivity index (χ2n) is 2.47. The van der Waals surface area contributed by atoms with E-state index in [0.717, 1.165) is 13.2 Å². The molecule has 0 aliphatic carbocycles. The Labute approximate surface area is 68.1 Å². The van der Waals surface area contributed by atoms with Gasteiger partial charge >= 0.3 is 0 Å². The van der Waals surface area contributed by atoms with Crippen LogP contribution < -0.4 is 0 Å². The topological polar surface area (TPSA) is 12.5 Å². The van der Waals surface area contributed by atoms with Crippen LogP contribution in [-0.4, -0.2) is 44.1 Å². The summed E-state index contributed by atoms with van der Waals surface area (Å²) in [5, 5.41) is 0. The maximum Gasteiger partial charge on any atom is 0.0615 e. The van der Waals surface area contributed by atoms with Crippen molar-refractivity contribution >= 4 is 11.6 Å². The van der Waals surface area contributed by atoms with Crippen LogP contribution in [0.4, 0.5) is 0 Å². The van der Waals surface area contributed by atoms with E-state index in [1.165, 1.54) is 0 Å². The van der Waals surface area contributed by atoms with E-state index in [2.05, 4.69) is 11.8 Å². The zero-order valence-electron chi connectivity index (χ0n) is 6.93. The lowest BCUT2D eigenvalue weighted by Gasteiger charge is -2.22.